The van der Waals surface area contributed by atoms with Crippen LogP contribution in [-0.2, 0) is 18.9 Å². The van der Waals surface area contributed by atoms with Crippen molar-refractivity contribution in [1.29, 1.82) is 0 Å². The first-order valence-corrected chi connectivity index (χ1v) is 9.89. The highest BCUT2D eigenvalue weighted by Crippen LogP contribution is 2.50. The van der Waals surface area contributed by atoms with Gasteiger partial charge in [0.1, 0.15) is 48.8 Å². The van der Waals surface area contributed by atoms with Crippen molar-refractivity contribution in [2.24, 2.45) is 0 Å². The first kappa shape index (κ1) is 17.8. The average molecular weight is 376 g/mol. The molecule has 4 heteroatoms. The van der Waals surface area contributed by atoms with Crippen molar-refractivity contribution in [1.82, 2.24) is 0 Å². The third-order valence-electron chi connectivity index (χ3n) is 5.26. The lowest BCUT2D eigenvalue weighted by atomic mass is 10.1. The van der Waals surface area contributed by atoms with E-state index in [0.29, 0.717) is 0 Å². The Balaban J connectivity index is 1.19. The van der Waals surface area contributed by atoms with Crippen molar-refractivity contribution in [3.8, 4) is 0 Å². The molecule has 5 rings (SSSR count). The fourth-order valence-corrected chi connectivity index (χ4v) is 3.56. The van der Waals surface area contributed by atoms with Crippen molar-refractivity contribution < 1.29 is 18.9 Å². The van der Waals surface area contributed by atoms with Crippen LogP contribution in [-0.4, -0.2) is 48.8 Å². The minimum Gasteiger partial charge on any atom is -0.364 e. The molecule has 0 aromatic rings. The largest absolute Gasteiger partial charge is 0.364 e. The molecule has 0 amide bonds. The van der Waals surface area contributed by atoms with Gasteiger partial charge in [0.25, 0.3) is 0 Å². The SMILES string of the molecule is C1=C\C=C/C=C\C2OC2C2OC2C2OC2C2OC2/C=C\C=C/C=C/C=C\C=C/1. The van der Waals surface area contributed by atoms with Gasteiger partial charge in [-0.05, 0) is 0 Å². The van der Waals surface area contributed by atoms with Gasteiger partial charge in [0.05, 0.1) is 0 Å². The quantitative estimate of drug-likeness (QED) is 0.607. The van der Waals surface area contributed by atoms with Gasteiger partial charge in [-0.25, -0.2) is 0 Å². The highest BCUT2D eigenvalue weighted by molar-refractivity contribution is 5.24. The summed E-state index contributed by atoms with van der Waals surface area (Å²) in [7, 11) is 0. The molecule has 0 aromatic carbocycles. The topological polar surface area (TPSA) is 50.1 Å². The molecule has 144 valence electrons. The van der Waals surface area contributed by atoms with E-state index in [1.54, 1.807) is 0 Å². The summed E-state index contributed by atoms with van der Waals surface area (Å²) in [6, 6.07) is 0. The van der Waals surface area contributed by atoms with Crippen LogP contribution in [0, 0.1) is 0 Å². The predicted molar refractivity (Wildman–Crippen MR) is 108 cm³/mol. The third-order valence-corrected chi connectivity index (χ3v) is 5.26. The molecule has 5 aliphatic rings. The third kappa shape index (κ3) is 4.42. The van der Waals surface area contributed by atoms with E-state index in [4.69, 9.17) is 18.9 Å². The van der Waals surface area contributed by atoms with Crippen LogP contribution < -0.4 is 0 Å². The van der Waals surface area contributed by atoms with Crippen LogP contribution in [0.4, 0.5) is 0 Å². The van der Waals surface area contributed by atoms with E-state index in [0.717, 1.165) is 0 Å². The molecular formula is C24H24O4. The molecule has 0 spiro atoms. The van der Waals surface area contributed by atoms with Gasteiger partial charge in [0.2, 0.25) is 0 Å². The Morgan fingerprint density at radius 1 is 0.286 bits per heavy atom. The Morgan fingerprint density at radius 2 is 0.571 bits per heavy atom. The van der Waals surface area contributed by atoms with Crippen molar-refractivity contribution >= 4 is 0 Å². The Bertz CT molecular complexity index is 744. The molecule has 0 bridgehead atoms. The second kappa shape index (κ2) is 8.02. The Hall–Kier alpha value is -2.24. The van der Waals surface area contributed by atoms with E-state index in [9.17, 15) is 0 Å². The van der Waals surface area contributed by atoms with Crippen molar-refractivity contribution in [2.45, 2.75) is 48.8 Å². The lowest BCUT2D eigenvalue weighted by molar-refractivity contribution is 0.284. The van der Waals surface area contributed by atoms with Crippen LogP contribution >= 0.6 is 0 Å². The fourth-order valence-electron chi connectivity index (χ4n) is 3.56. The Kier molecular flexibility index (Phi) is 5.10. The first-order chi connectivity index (χ1) is 13.9. The van der Waals surface area contributed by atoms with Crippen LogP contribution in [0.15, 0.2) is 97.2 Å². The van der Waals surface area contributed by atoms with Gasteiger partial charge in [-0.2, -0.15) is 0 Å². The summed E-state index contributed by atoms with van der Waals surface area (Å²) in [6.45, 7) is 0. The van der Waals surface area contributed by atoms with Crippen LogP contribution in [0.25, 0.3) is 0 Å². The normalized spacial score (nSPS) is 52.6. The number of ether oxygens (including phenoxy) is 4. The Labute approximate surface area is 165 Å². The molecule has 4 aliphatic heterocycles. The molecule has 4 saturated heterocycles. The lowest BCUT2D eigenvalue weighted by Crippen LogP contribution is -2.14. The molecule has 0 aromatic heterocycles. The molecule has 0 N–H and O–H groups in total. The van der Waals surface area contributed by atoms with Gasteiger partial charge in [0, 0.05) is 0 Å². The van der Waals surface area contributed by atoms with Crippen LogP contribution in [0.5, 0.6) is 0 Å². The highest BCUT2D eigenvalue weighted by atomic mass is 16.7. The molecule has 4 heterocycles. The highest BCUT2D eigenvalue weighted by Gasteiger charge is 2.68. The van der Waals surface area contributed by atoms with E-state index in [1.807, 2.05) is 85.1 Å². The zero-order valence-electron chi connectivity index (χ0n) is 15.5. The maximum absolute atomic E-state index is 5.82. The molecule has 8 unspecified atom stereocenters. The number of fused-ring (bicyclic) bond motifs is 7. The predicted octanol–water partition coefficient (Wildman–Crippen LogP) is 3.52. The summed E-state index contributed by atoms with van der Waals surface area (Å²) in [4.78, 5) is 0. The van der Waals surface area contributed by atoms with E-state index in [2.05, 4.69) is 12.2 Å². The summed E-state index contributed by atoms with van der Waals surface area (Å²) in [6.07, 6.45) is 33.6. The smallest absolute Gasteiger partial charge is 0.117 e. The minimum atomic E-state index is 0.157. The molecule has 0 saturated carbocycles. The summed E-state index contributed by atoms with van der Waals surface area (Å²) < 4.78 is 23.1. The van der Waals surface area contributed by atoms with Gasteiger partial charge >= 0.3 is 0 Å². The molecule has 28 heavy (non-hydrogen) atoms. The monoisotopic (exact) mass is 376 g/mol. The van der Waals surface area contributed by atoms with Gasteiger partial charge in [-0.1, -0.05) is 97.2 Å². The van der Waals surface area contributed by atoms with Crippen LogP contribution in [0.2, 0.25) is 0 Å². The zero-order valence-corrected chi connectivity index (χ0v) is 15.5. The summed E-state index contributed by atoms with van der Waals surface area (Å²) >= 11 is 0. The standard InChI is InChI=1S/C24H24O4/c1-2-4-6-8-10-12-14-16-18-20(26-18)22-24(28-22)23-21(27-23)19-17(25-19)15-13-11-9-7-5-3-1/h1-24H/b3-1-,4-2-,7-5-,8-6+,11-9-,12-10-,15-13-,16-14-. The molecule has 1 aliphatic carbocycles. The van der Waals surface area contributed by atoms with E-state index < -0.39 is 0 Å². The summed E-state index contributed by atoms with van der Waals surface area (Å²) in [5.74, 6) is 0. The van der Waals surface area contributed by atoms with E-state index in [1.165, 1.54) is 0 Å². The molecule has 8 atom stereocenters. The maximum Gasteiger partial charge on any atom is 0.117 e. The molecular weight excluding hydrogens is 352 g/mol. The van der Waals surface area contributed by atoms with Gasteiger partial charge in [-0.15, -0.1) is 0 Å². The second-order valence-electron chi connectivity index (χ2n) is 7.34. The average Bonchev–Trinajstić information content (AvgIpc) is 3.50. The number of allylic oxidation sites excluding steroid dienone is 14. The lowest BCUT2D eigenvalue weighted by Gasteiger charge is -1.85. The maximum atomic E-state index is 5.82. The zero-order chi connectivity index (χ0) is 18.8. The van der Waals surface area contributed by atoms with Crippen LogP contribution in [0.3, 0.4) is 0 Å². The minimum absolute atomic E-state index is 0.157. The van der Waals surface area contributed by atoms with Crippen molar-refractivity contribution in [3.63, 3.8) is 0 Å². The van der Waals surface area contributed by atoms with E-state index >= 15 is 0 Å². The molecule has 4 nitrogen and oxygen atoms in total. The number of rotatable bonds is 0. The van der Waals surface area contributed by atoms with Crippen LogP contribution in [0.1, 0.15) is 0 Å². The van der Waals surface area contributed by atoms with Crippen molar-refractivity contribution in [3.05, 3.63) is 97.2 Å². The van der Waals surface area contributed by atoms with Gasteiger partial charge in [0.15, 0.2) is 0 Å². The number of epoxide rings is 4. The van der Waals surface area contributed by atoms with Gasteiger partial charge in [-0.3, -0.25) is 0 Å². The van der Waals surface area contributed by atoms with Gasteiger partial charge < -0.3 is 18.9 Å². The number of hydrogen-bond acceptors (Lipinski definition) is 4. The number of hydrogen-bond donors (Lipinski definition) is 0. The second-order valence-corrected chi connectivity index (χ2v) is 7.34. The first-order valence-electron chi connectivity index (χ1n) is 9.89. The summed E-state index contributed by atoms with van der Waals surface area (Å²) in [5, 5.41) is 0. The Morgan fingerprint density at radius 3 is 0.929 bits per heavy atom. The van der Waals surface area contributed by atoms with E-state index in [-0.39, 0.29) is 48.8 Å². The van der Waals surface area contributed by atoms with Crippen molar-refractivity contribution in [2.75, 3.05) is 0 Å². The molecule has 4 fully saturated rings. The fraction of sp³-hybridized carbons (Fsp3) is 0.333. The summed E-state index contributed by atoms with van der Waals surface area (Å²) in [5.41, 5.74) is 0. The molecule has 0 radical (unpaired) electrons.